The van der Waals surface area contributed by atoms with Gasteiger partial charge >= 0.3 is 12.1 Å². The molecule has 158 valence electrons. The number of halogens is 4. The highest BCUT2D eigenvalue weighted by Crippen LogP contribution is 2.40. The Balaban J connectivity index is 0.00000300. The molecule has 0 radical (unpaired) electrons. The topological polar surface area (TPSA) is 92.4 Å². The third-order valence-electron chi connectivity index (χ3n) is 5.42. The Morgan fingerprint density at radius 3 is 2.14 bits per heavy atom. The molecule has 1 aliphatic rings. The molecule has 1 unspecified atom stereocenters. The minimum atomic E-state index is -4.27. The molecule has 0 heterocycles. The Hall–Kier alpha value is -2.48. The molecular formula is C20H22ClF3N2O3. The molecule has 0 spiro atoms. The molecule has 1 amide bonds. The van der Waals surface area contributed by atoms with Gasteiger partial charge in [0.05, 0.1) is 11.5 Å². The van der Waals surface area contributed by atoms with Crippen LogP contribution in [0, 0.1) is 11.8 Å². The predicted octanol–water partition coefficient (Wildman–Crippen LogP) is 4.40. The number of carboxylic acids is 1. The van der Waals surface area contributed by atoms with E-state index in [0.717, 1.165) is 10.8 Å². The minimum Gasteiger partial charge on any atom is -0.480 e. The van der Waals surface area contributed by atoms with Gasteiger partial charge in [0.2, 0.25) is 0 Å². The monoisotopic (exact) mass is 430 g/mol. The summed E-state index contributed by atoms with van der Waals surface area (Å²) >= 11 is 0. The summed E-state index contributed by atoms with van der Waals surface area (Å²) in [5.41, 5.74) is 6.31. The van der Waals surface area contributed by atoms with Crippen LogP contribution in [0.1, 0.15) is 36.0 Å². The van der Waals surface area contributed by atoms with Crippen LogP contribution >= 0.6 is 12.4 Å². The van der Waals surface area contributed by atoms with Gasteiger partial charge < -0.3 is 16.2 Å². The zero-order valence-electron chi connectivity index (χ0n) is 15.4. The number of rotatable bonds is 4. The van der Waals surface area contributed by atoms with Crippen LogP contribution in [0.15, 0.2) is 36.4 Å². The average molecular weight is 431 g/mol. The molecule has 0 bridgehead atoms. The average Bonchev–Trinajstić information content (AvgIpc) is 2.64. The Morgan fingerprint density at radius 2 is 1.62 bits per heavy atom. The van der Waals surface area contributed by atoms with Crippen molar-refractivity contribution in [3.05, 3.63) is 42.0 Å². The zero-order chi connectivity index (χ0) is 20.5. The summed E-state index contributed by atoms with van der Waals surface area (Å²) < 4.78 is 38.5. The van der Waals surface area contributed by atoms with Gasteiger partial charge in [-0.1, -0.05) is 24.3 Å². The van der Waals surface area contributed by atoms with Crippen LogP contribution in [0.5, 0.6) is 0 Å². The van der Waals surface area contributed by atoms with E-state index in [-0.39, 0.29) is 49.3 Å². The van der Waals surface area contributed by atoms with Gasteiger partial charge in [0.1, 0.15) is 6.04 Å². The van der Waals surface area contributed by atoms with Gasteiger partial charge in [-0.15, -0.1) is 12.4 Å². The normalized spacial score (nSPS) is 20.5. The molecular weight excluding hydrogens is 409 g/mol. The van der Waals surface area contributed by atoms with Crippen LogP contribution in [-0.4, -0.2) is 29.2 Å². The molecule has 2 aromatic carbocycles. The molecule has 4 N–H and O–H groups in total. The zero-order valence-corrected chi connectivity index (χ0v) is 16.2. The first-order valence-electron chi connectivity index (χ1n) is 9.05. The first kappa shape index (κ1) is 22.8. The summed E-state index contributed by atoms with van der Waals surface area (Å²) in [5, 5.41) is 13.6. The fourth-order valence-electron chi connectivity index (χ4n) is 3.83. The van der Waals surface area contributed by atoms with Crippen LogP contribution in [0.2, 0.25) is 0 Å². The predicted molar refractivity (Wildman–Crippen MR) is 106 cm³/mol. The lowest BCUT2D eigenvalue weighted by Gasteiger charge is -2.33. The van der Waals surface area contributed by atoms with Crippen molar-refractivity contribution in [2.24, 2.45) is 11.8 Å². The van der Waals surface area contributed by atoms with Crippen molar-refractivity contribution in [1.29, 1.82) is 0 Å². The lowest BCUT2D eigenvalue weighted by molar-refractivity contribution is -0.184. The number of alkyl halides is 3. The maximum absolute atomic E-state index is 12.8. The minimum absolute atomic E-state index is 0. The van der Waals surface area contributed by atoms with Crippen LogP contribution in [0.3, 0.4) is 0 Å². The van der Waals surface area contributed by atoms with Crippen molar-refractivity contribution < 1.29 is 27.9 Å². The molecule has 29 heavy (non-hydrogen) atoms. The van der Waals surface area contributed by atoms with Crippen molar-refractivity contribution in [3.8, 4) is 0 Å². The summed E-state index contributed by atoms with van der Waals surface area (Å²) in [5.74, 6) is -3.87. The smallest absolute Gasteiger partial charge is 0.391 e. The van der Waals surface area contributed by atoms with Crippen LogP contribution in [0.25, 0.3) is 10.8 Å². The third-order valence-corrected chi connectivity index (χ3v) is 5.42. The maximum Gasteiger partial charge on any atom is 0.391 e. The number of nitrogens with one attached hydrogen (secondary N) is 1. The van der Waals surface area contributed by atoms with Gasteiger partial charge in [-0.3, -0.25) is 4.79 Å². The highest BCUT2D eigenvalue weighted by molar-refractivity contribution is 6.05. The number of aliphatic carboxylic acids is 1. The van der Waals surface area contributed by atoms with E-state index in [1.54, 1.807) is 24.3 Å². The second-order valence-electron chi connectivity index (χ2n) is 7.23. The Kier molecular flexibility index (Phi) is 7.00. The molecule has 5 nitrogen and oxygen atoms in total. The Bertz CT molecular complexity index is 896. The van der Waals surface area contributed by atoms with Crippen LogP contribution < -0.4 is 11.1 Å². The van der Waals surface area contributed by atoms with Crippen molar-refractivity contribution in [2.45, 2.75) is 37.9 Å². The van der Waals surface area contributed by atoms with E-state index < -0.39 is 35.9 Å². The Morgan fingerprint density at radius 1 is 1.07 bits per heavy atom. The lowest BCUT2D eigenvalue weighted by atomic mass is 9.78. The number of carbonyl (C=O) groups is 2. The van der Waals surface area contributed by atoms with Crippen molar-refractivity contribution in [3.63, 3.8) is 0 Å². The number of benzene rings is 2. The number of nitrogens with two attached hydrogens (primary N) is 1. The summed E-state index contributed by atoms with van der Waals surface area (Å²) in [6.45, 7) is 0. The highest BCUT2D eigenvalue weighted by atomic mass is 35.5. The highest BCUT2D eigenvalue weighted by Gasteiger charge is 2.43. The van der Waals surface area contributed by atoms with Gasteiger partial charge in [0.25, 0.3) is 5.91 Å². The number of carboxylic acid groups (broad SMARTS) is 1. The quantitative estimate of drug-likeness (QED) is 0.627. The third kappa shape index (κ3) is 5.12. The number of amides is 1. The van der Waals surface area contributed by atoms with E-state index in [9.17, 15) is 27.9 Å². The molecule has 0 saturated heterocycles. The summed E-state index contributed by atoms with van der Waals surface area (Å²) in [6.07, 6.45) is -4.35. The van der Waals surface area contributed by atoms with E-state index >= 15 is 0 Å². The fraction of sp³-hybridized carbons (Fsp3) is 0.400. The summed E-state index contributed by atoms with van der Waals surface area (Å²) in [4.78, 5) is 24.3. The van der Waals surface area contributed by atoms with E-state index in [1.165, 1.54) is 0 Å². The second kappa shape index (κ2) is 8.90. The summed E-state index contributed by atoms with van der Waals surface area (Å²) in [6, 6.07) is 9.24. The Labute approximate surface area is 171 Å². The largest absolute Gasteiger partial charge is 0.480 e. The van der Waals surface area contributed by atoms with Crippen molar-refractivity contribution in [1.82, 2.24) is 5.32 Å². The molecule has 1 fully saturated rings. The molecule has 1 saturated carbocycles. The number of hydrogen-bond acceptors (Lipinski definition) is 3. The van der Waals surface area contributed by atoms with E-state index in [4.69, 9.17) is 5.73 Å². The molecule has 3 rings (SSSR count). The first-order valence-corrected chi connectivity index (χ1v) is 9.05. The summed E-state index contributed by atoms with van der Waals surface area (Å²) in [7, 11) is 0. The van der Waals surface area contributed by atoms with E-state index in [1.807, 2.05) is 12.1 Å². The molecule has 9 heteroatoms. The number of anilines is 1. The van der Waals surface area contributed by atoms with Gasteiger partial charge in [0, 0.05) is 5.69 Å². The van der Waals surface area contributed by atoms with Gasteiger partial charge in [-0.25, -0.2) is 4.79 Å². The van der Waals surface area contributed by atoms with E-state index in [2.05, 4.69) is 5.32 Å². The standard InChI is InChI=1S/C20H21F3N2O3.ClH/c21-20(22,23)14-7-5-11(6-8-14)17(19(27)28)25-18(26)15-9-12-3-1-2-4-13(12)10-16(15)24;/h1-4,9-11,14,17H,5-8,24H2,(H,25,26)(H,27,28);1H/t11-,14-,17?;. The van der Waals surface area contributed by atoms with Gasteiger partial charge in [-0.05, 0) is 54.5 Å². The molecule has 1 aliphatic carbocycles. The second-order valence-corrected chi connectivity index (χ2v) is 7.23. The molecule has 2 aromatic rings. The van der Waals surface area contributed by atoms with Gasteiger partial charge in [0.15, 0.2) is 0 Å². The molecule has 0 aromatic heterocycles. The number of carbonyl (C=O) groups excluding carboxylic acids is 1. The molecule has 0 aliphatic heterocycles. The number of fused-ring (bicyclic) bond motifs is 1. The number of hydrogen-bond donors (Lipinski definition) is 3. The molecule has 1 atom stereocenters. The first-order chi connectivity index (χ1) is 13.2. The van der Waals surface area contributed by atoms with Crippen LogP contribution in [-0.2, 0) is 4.79 Å². The van der Waals surface area contributed by atoms with Gasteiger partial charge in [-0.2, -0.15) is 13.2 Å². The lowest BCUT2D eigenvalue weighted by Crippen LogP contribution is -2.47. The van der Waals surface area contributed by atoms with E-state index in [0.29, 0.717) is 0 Å². The van der Waals surface area contributed by atoms with Crippen molar-refractivity contribution >= 4 is 40.7 Å². The van der Waals surface area contributed by atoms with Crippen molar-refractivity contribution in [2.75, 3.05) is 5.73 Å². The maximum atomic E-state index is 12.8. The number of nitrogen functional groups attached to an aromatic ring is 1. The van der Waals surface area contributed by atoms with Crippen LogP contribution in [0.4, 0.5) is 18.9 Å². The fourth-order valence-corrected chi connectivity index (χ4v) is 3.83. The SMILES string of the molecule is Cl.Nc1cc2ccccc2cc1C(=O)NC(C(=O)O)[C@H]1CC[C@H](C(F)(F)F)CC1.